The molecular weight excluding hydrogens is 286 g/mol. The zero-order chi connectivity index (χ0) is 14.0. The number of nitrogens with zero attached hydrogens (tertiary/aromatic N) is 1. The fourth-order valence-electron chi connectivity index (χ4n) is 1.92. The molecule has 2 atom stereocenters. The molecule has 1 aromatic heterocycles. The van der Waals surface area contributed by atoms with Crippen LogP contribution in [0.2, 0.25) is 0 Å². The molecule has 0 radical (unpaired) electrons. The number of aromatic nitrogens is 2. The first-order valence-electron chi connectivity index (χ1n) is 5.82. The molecule has 0 aliphatic carbocycles. The second kappa shape index (κ2) is 5.87. The summed E-state index contributed by atoms with van der Waals surface area (Å²) < 4.78 is 0. The fraction of sp³-hybridized carbons (Fsp3) is 0.545. The van der Waals surface area contributed by atoms with Crippen LogP contribution in [-0.2, 0) is 11.2 Å². The quantitative estimate of drug-likeness (QED) is 0.760. The predicted octanol–water partition coefficient (Wildman–Crippen LogP) is 0.889. The zero-order valence-electron chi connectivity index (χ0n) is 10.4. The molecule has 1 fully saturated rings. The summed E-state index contributed by atoms with van der Waals surface area (Å²) in [7, 11) is 0. The van der Waals surface area contributed by atoms with Crippen LogP contribution in [0.1, 0.15) is 23.6 Å². The van der Waals surface area contributed by atoms with Gasteiger partial charge in [-0.1, -0.05) is 6.92 Å². The normalized spacial score (nSPS) is 23.2. The number of aliphatic carboxylic acids is 1. The van der Waals surface area contributed by atoms with Gasteiger partial charge in [-0.05, 0) is 0 Å². The van der Waals surface area contributed by atoms with E-state index in [9.17, 15) is 9.59 Å². The van der Waals surface area contributed by atoms with Crippen molar-refractivity contribution in [2.45, 2.75) is 23.8 Å². The van der Waals surface area contributed by atoms with Crippen molar-refractivity contribution in [3.05, 3.63) is 21.7 Å². The summed E-state index contributed by atoms with van der Waals surface area (Å²) in [5.41, 5.74) is 5.29. The van der Waals surface area contributed by atoms with E-state index < -0.39 is 17.9 Å². The van der Waals surface area contributed by atoms with Crippen LogP contribution in [0.3, 0.4) is 0 Å². The van der Waals surface area contributed by atoms with E-state index in [1.165, 1.54) is 0 Å². The van der Waals surface area contributed by atoms with Crippen molar-refractivity contribution in [1.82, 2.24) is 9.97 Å². The maximum absolute atomic E-state index is 11.9. The molecule has 1 aliphatic rings. The third-order valence-electron chi connectivity index (χ3n) is 2.85. The Morgan fingerprint density at radius 2 is 2.21 bits per heavy atom. The van der Waals surface area contributed by atoms with E-state index >= 15 is 0 Å². The van der Waals surface area contributed by atoms with Crippen LogP contribution in [0.5, 0.6) is 0 Å². The van der Waals surface area contributed by atoms with Gasteiger partial charge in [-0.3, -0.25) is 9.59 Å². The highest BCUT2D eigenvalue weighted by atomic mass is 32.2. The lowest BCUT2D eigenvalue weighted by Gasteiger charge is -2.27. The fourth-order valence-corrected chi connectivity index (χ4v) is 4.63. The molecule has 0 saturated carbocycles. The van der Waals surface area contributed by atoms with Crippen molar-refractivity contribution in [2.75, 3.05) is 17.2 Å². The lowest BCUT2D eigenvalue weighted by molar-refractivity contribution is -0.136. The van der Waals surface area contributed by atoms with Gasteiger partial charge in [-0.2, -0.15) is 11.8 Å². The average molecular weight is 301 g/mol. The van der Waals surface area contributed by atoms with Gasteiger partial charge in [0.2, 0.25) is 0 Å². The van der Waals surface area contributed by atoms with Gasteiger partial charge in [0.15, 0.2) is 0 Å². The number of rotatable bonds is 3. The lowest BCUT2D eigenvalue weighted by atomic mass is 10.2. The first kappa shape index (κ1) is 14.3. The number of H-pyrrole nitrogens is 1. The number of thioether (sulfide) groups is 2. The summed E-state index contributed by atoms with van der Waals surface area (Å²) in [5, 5.41) is 9.16. The number of carboxylic acid groups (broad SMARTS) is 1. The molecular formula is C11H15N3O3S2. The number of nitrogens with two attached hydrogens (primary N) is 1. The molecule has 0 amide bonds. The van der Waals surface area contributed by atoms with Crippen LogP contribution >= 0.6 is 23.5 Å². The molecule has 6 nitrogen and oxygen atoms in total. The molecule has 2 unspecified atom stereocenters. The number of hydrogen-bond acceptors (Lipinski definition) is 6. The first-order valence-corrected chi connectivity index (χ1v) is 7.92. The summed E-state index contributed by atoms with van der Waals surface area (Å²) in [4.78, 5) is 29.4. The Morgan fingerprint density at radius 3 is 2.79 bits per heavy atom. The predicted molar refractivity (Wildman–Crippen MR) is 77.7 cm³/mol. The highest BCUT2D eigenvalue weighted by Crippen LogP contribution is 2.40. The highest BCUT2D eigenvalue weighted by molar-refractivity contribution is 8.06. The molecule has 0 aromatic carbocycles. The standard InChI is InChI=1S/C11H15N3O3S2/c1-5-8(19-3-2-18-5)10-13-9(12)6(4-7(15)16)11(17)14-10/h5,8H,2-4H2,1H3,(H,15,16)(H3,12,13,14,17). The van der Waals surface area contributed by atoms with Crippen LogP contribution in [0.25, 0.3) is 0 Å². The molecule has 2 heterocycles. The Morgan fingerprint density at radius 1 is 1.53 bits per heavy atom. The SMILES string of the molecule is CC1SCCSC1c1nc(N)c(CC(=O)O)c(=O)[nH]1. The van der Waals surface area contributed by atoms with Gasteiger partial charge >= 0.3 is 5.97 Å². The molecule has 19 heavy (non-hydrogen) atoms. The van der Waals surface area contributed by atoms with Gasteiger partial charge in [0.05, 0.1) is 17.2 Å². The summed E-state index contributed by atoms with van der Waals surface area (Å²) >= 11 is 3.57. The van der Waals surface area contributed by atoms with Gasteiger partial charge in [-0.25, -0.2) is 4.98 Å². The smallest absolute Gasteiger partial charge is 0.308 e. The van der Waals surface area contributed by atoms with Crippen LogP contribution in [-0.4, -0.2) is 37.8 Å². The Kier molecular flexibility index (Phi) is 4.41. The Hall–Kier alpha value is -1.15. The first-order chi connectivity index (χ1) is 8.99. The molecule has 104 valence electrons. The number of hydrogen-bond donors (Lipinski definition) is 3. The Labute approximate surface area is 118 Å². The summed E-state index contributed by atoms with van der Waals surface area (Å²) in [5.74, 6) is 1.55. The van der Waals surface area contributed by atoms with Gasteiger partial charge in [0, 0.05) is 16.8 Å². The van der Waals surface area contributed by atoms with Crippen LogP contribution in [0, 0.1) is 0 Å². The van der Waals surface area contributed by atoms with Crippen molar-refractivity contribution >= 4 is 35.3 Å². The van der Waals surface area contributed by atoms with Crippen molar-refractivity contribution in [3.63, 3.8) is 0 Å². The van der Waals surface area contributed by atoms with E-state index in [4.69, 9.17) is 10.8 Å². The van der Waals surface area contributed by atoms with E-state index in [-0.39, 0.29) is 16.6 Å². The monoisotopic (exact) mass is 301 g/mol. The topological polar surface area (TPSA) is 109 Å². The average Bonchev–Trinajstić information content (AvgIpc) is 2.34. The zero-order valence-corrected chi connectivity index (χ0v) is 12.0. The summed E-state index contributed by atoms with van der Waals surface area (Å²) in [6, 6.07) is 0. The Balaban J connectivity index is 2.33. The van der Waals surface area contributed by atoms with E-state index in [2.05, 4.69) is 16.9 Å². The molecule has 0 spiro atoms. The Bertz CT molecular complexity index is 546. The minimum absolute atomic E-state index is 0.0181. The second-order valence-electron chi connectivity index (χ2n) is 4.25. The maximum Gasteiger partial charge on any atom is 0.308 e. The molecule has 2 rings (SSSR count). The maximum atomic E-state index is 11.9. The summed E-state index contributed by atoms with van der Waals surface area (Å²) in [6.07, 6.45) is -0.406. The van der Waals surface area contributed by atoms with Crippen molar-refractivity contribution in [3.8, 4) is 0 Å². The molecule has 8 heteroatoms. The van der Waals surface area contributed by atoms with Crippen LogP contribution < -0.4 is 11.3 Å². The highest BCUT2D eigenvalue weighted by Gasteiger charge is 2.27. The molecule has 0 bridgehead atoms. The third kappa shape index (κ3) is 3.24. The minimum Gasteiger partial charge on any atom is -0.481 e. The van der Waals surface area contributed by atoms with Gasteiger partial charge in [0.25, 0.3) is 5.56 Å². The van der Waals surface area contributed by atoms with Crippen molar-refractivity contribution < 1.29 is 9.90 Å². The third-order valence-corrected chi connectivity index (χ3v) is 5.95. The van der Waals surface area contributed by atoms with Gasteiger partial charge < -0.3 is 15.8 Å². The van der Waals surface area contributed by atoms with Crippen LogP contribution in [0.15, 0.2) is 4.79 Å². The number of carbonyl (C=O) groups is 1. The van der Waals surface area contributed by atoms with E-state index in [1.807, 2.05) is 11.8 Å². The number of carboxylic acids is 1. The van der Waals surface area contributed by atoms with Crippen molar-refractivity contribution in [2.24, 2.45) is 0 Å². The van der Waals surface area contributed by atoms with E-state index in [0.29, 0.717) is 11.1 Å². The van der Waals surface area contributed by atoms with Gasteiger partial charge in [-0.15, -0.1) is 11.8 Å². The molecule has 1 aromatic rings. The number of nitrogens with one attached hydrogen (secondary N) is 1. The van der Waals surface area contributed by atoms with Gasteiger partial charge in [0.1, 0.15) is 11.6 Å². The summed E-state index contributed by atoms with van der Waals surface area (Å²) in [6.45, 7) is 2.09. The van der Waals surface area contributed by atoms with E-state index in [1.54, 1.807) is 11.8 Å². The number of nitrogen functional groups attached to an aromatic ring is 1. The number of aromatic amines is 1. The second-order valence-corrected chi connectivity index (χ2v) is 6.99. The molecule has 4 N–H and O–H groups in total. The minimum atomic E-state index is -1.09. The number of anilines is 1. The molecule has 1 saturated heterocycles. The van der Waals surface area contributed by atoms with E-state index in [0.717, 1.165) is 11.5 Å². The largest absolute Gasteiger partial charge is 0.481 e. The molecule has 1 aliphatic heterocycles. The lowest BCUT2D eigenvalue weighted by Crippen LogP contribution is -2.26. The van der Waals surface area contributed by atoms with Crippen LogP contribution in [0.4, 0.5) is 5.82 Å². The van der Waals surface area contributed by atoms with Crippen molar-refractivity contribution in [1.29, 1.82) is 0 Å².